The lowest BCUT2D eigenvalue weighted by atomic mass is 10.0. The molecule has 1 unspecified atom stereocenters. The van der Waals surface area contributed by atoms with Gasteiger partial charge in [-0.25, -0.2) is 4.79 Å². The van der Waals surface area contributed by atoms with E-state index < -0.39 is 12.1 Å². The molecule has 2 N–H and O–H groups in total. The number of nitrogens with one attached hydrogen (secondary N) is 2. The van der Waals surface area contributed by atoms with Crippen LogP contribution in [-0.4, -0.2) is 18.0 Å². The van der Waals surface area contributed by atoms with Gasteiger partial charge in [-0.3, -0.25) is 4.79 Å². The lowest BCUT2D eigenvalue weighted by Gasteiger charge is -2.19. The van der Waals surface area contributed by atoms with Crippen molar-refractivity contribution in [1.82, 2.24) is 10.6 Å². The van der Waals surface area contributed by atoms with E-state index in [9.17, 15) is 9.59 Å². The number of hydrogen-bond donors (Lipinski definition) is 2. The second-order valence-corrected chi connectivity index (χ2v) is 7.09. The van der Waals surface area contributed by atoms with Gasteiger partial charge in [0.25, 0.3) is 0 Å². The summed E-state index contributed by atoms with van der Waals surface area (Å²) in [4.78, 5) is 25.2. The zero-order valence-electron chi connectivity index (χ0n) is 17.0. The maximum absolute atomic E-state index is 12.9. The van der Waals surface area contributed by atoms with E-state index in [2.05, 4.69) is 10.6 Å². The molecular weight excluding hydrogens is 376 g/mol. The lowest BCUT2D eigenvalue weighted by Crippen LogP contribution is -2.48. The summed E-state index contributed by atoms with van der Waals surface area (Å²) in [7, 11) is 0. The highest BCUT2D eigenvalue weighted by Crippen LogP contribution is 2.08. The Morgan fingerprint density at radius 1 is 0.833 bits per heavy atom. The quantitative estimate of drug-likeness (QED) is 0.595. The number of alkyl carbamates (subject to hydrolysis) is 1. The molecule has 2 amide bonds. The summed E-state index contributed by atoms with van der Waals surface area (Å²) < 4.78 is 5.30. The van der Waals surface area contributed by atoms with Gasteiger partial charge in [-0.2, -0.15) is 0 Å². The molecule has 0 spiro atoms. The Balaban J connectivity index is 1.62. The second-order valence-electron chi connectivity index (χ2n) is 7.09. The van der Waals surface area contributed by atoms with Gasteiger partial charge in [-0.15, -0.1) is 0 Å². The van der Waals surface area contributed by atoms with Crippen LogP contribution in [-0.2, 0) is 29.1 Å². The van der Waals surface area contributed by atoms with E-state index in [-0.39, 0.29) is 12.5 Å². The first-order valence-electron chi connectivity index (χ1n) is 9.95. The van der Waals surface area contributed by atoms with Gasteiger partial charge in [0.2, 0.25) is 5.91 Å². The topological polar surface area (TPSA) is 67.4 Å². The van der Waals surface area contributed by atoms with E-state index in [0.29, 0.717) is 13.0 Å². The Kier molecular flexibility index (Phi) is 7.61. The van der Waals surface area contributed by atoms with E-state index in [1.807, 2.05) is 91.9 Å². The van der Waals surface area contributed by atoms with Crippen molar-refractivity contribution >= 4 is 12.0 Å². The first-order valence-corrected chi connectivity index (χ1v) is 9.95. The van der Waals surface area contributed by atoms with Crippen LogP contribution in [0.5, 0.6) is 0 Å². The maximum atomic E-state index is 12.9. The fourth-order valence-corrected chi connectivity index (χ4v) is 3.08. The van der Waals surface area contributed by atoms with E-state index >= 15 is 0 Å². The van der Waals surface area contributed by atoms with Gasteiger partial charge in [0.05, 0.1) is 0 Å². The predicted octanol–water partition coefficient (Wildman–Crippen LogP) is 4.15. The third-order valence-electron chi connectivity index (χ3n) is 4.82. The normalized spacial score (nSPS) is 11.4. The molecule has 0 fully saturated rings. The minimum Gasteiger partial charge on any atom is -0.445 e. The monoisotopic (exact) mass is 402 g/mol. The third-order valence-corrected chi connectivity index (χ3v) is 4.82. The largest absolute Gasteiger partial charge is 0.445 e. The van der Waals surface area contributed by atoms with E-state index in [0.717, 1.165) is 22.3 Å². The van der Waals surface area contributed by atoms with Crippen LogP contribution in [0, 0.1) is 6.92 Å². The molecule has 0 aliphatic rings. The summed E-state index contributed by atoms with van der Waals surface area (Å²) in [6.07, 6.45) is -0.244. The molecule has 0 aliphatic heterocycles. The van der Waals surface area contributed by atoms with Crippen LogP contribution < -0.4 is 10.6 Å². The number of carbonyl (C=O) groups excluding carboxylic acids is 2. The Morgan fingerprint density at radius 3 is 2.10 bits per heavy atom. The van der Waals surface area contributed by atoms with Gasteiger partial charge >= 0.3 is 6.09 Å². The average molecular weight is 402 g/mol. The fourth-order valence-electron chi connectivity index (χ4n) is 3.08. The molecule has 0 bridgehead atoms. The van der Waals surface area contributed by atoms with Crippen molar-refractivity contribution in [2.45, 2.75) is 32.5 Å². The summed E-state index contributed by atoms with van der Waals surface area (Å²) in [5, 5.41) is 5.64. The molecule has 30 heavy (non-hydrogen) atoms. The van der Waals surface area contributed by atoms with Crippen molar-refractivity contribution in [3.05, 3.63) is 107 Å². The van der Waals surface area contributed by atoms with Gasteiger partial charge in [0, 0.05) is 13.0 Å². The van der Waals surface area contributed by atoms with Gasteiger partial charge in [-0.1, -0.05) is 84.9 Å². The Hall–Kier alpha value is -3.60. The molecule has 0 heterocycles. The zero-order valence-corrected chi connectivity index (χ0v) is 17.0. The highest BCUT2D eigenvalue weighted by molar-refractivity contribution is 5.85. The Bertz CT molecular complexity index is 958. The summed E-state index contributed by atoms with van der Waals surface area (Å²) in [6, 6.07) is 26.2. The van der Waals surface area contributed by atoms with Crippen LogP contribution in [0.4, 0.5) is 4.79 Å². The van der Waals surface area contributed by atoms with Crippen LogP contribution in [0.25, 0.3) is 0 Å². The van der Waals surface area contributed by atoms with Gasteiger partial charge < -0.3 is 15.4 Å². The summed E-state index contributed by atoms with van der Waals surface area (Å²) >= 11 is 0. The molecule has 5 nitrogen and oxygen atoms in total. The average Bonchev–Trinajstić information content (AvgIpc) is 2.78. The van der Waals surface area contributed by atoms with Gasteiger partial charge in [-0.05, 0) is 29.2 Å². The Labute approximate surface area is 177 Å². The first kappa shape index (κ1) is 21.1. The molecule has 5 heteroatoms. The van der Waals surface area contributed by atoms with Crippen molar-refractivity contribution in [2.75, 3.05) is 0 Å². The number of carbonyl (C=O) groups is 2. The lowest BCUT2D eigenvalue weighted by molar-refractivity contribution is -0.123. The Morgan fingerprint density at radius 2 is 1.43 bits per heavy atom. The first-order chi connectivity index (χ1) is 14.6. The number of ether oxygens (including phenoxy) is 1. The molecule has 0 aliphatic carbocycles. The number of rotatable bonds is 8. The van der Waals surface area contributed by atoms with Crippen molar-refractivity contribution in [2.24, 2.45) is 0 Å². The highest BCUT2D eigenvalue weighted by atomic mass is 16.5. The minimum absolute atomic E-state index is 0.148. The van der Waals surface area contributed by atoms with Crippen molar-refractivity contribution < 1.29 is 14.3 Å². The summed E-state index contributed by atoms with van der Waals surface area (Å²) in [5.74, 6) is -0.251. The molecule has 0 saturated heterocycles. The molecule has 154 valence electrons. The minimum atomic E-state index is -0.736. The molecule has 3 rings (SSSR count). The van der Waals surface area contributed by atoms with Crippen LogP contribution in [0.3, 0.4) is 0 Å². The molecule has 0 saturated carbocycles. The third kappa shape index (κ3) is 6.48. The zero-order chi connectivity index (χ0) is 21.2. The van der Waals surface area contributed by atoms with Crippen LogP contribution in [0.2, 0.25) is 0 Å². The molecule has 0 radical (unpaired) electrons. The van der Waals surface area contributed by atoms with Crippen LogP contribution in [0.15, 0.2) is 84.9 Å². The van der Waals surface area contributed by atoms with E-state index in [4.69, 9.17) is 4.74 Å². The number of hydrogen-bond acceptors (Lipinski definition) is 3. The predicted molar refractivity (Wildman–Crippen MR) is 117 cm³/mol. The smallest absolute Gasteiger partial charge is 0.408 e. The number of aryl methyl sites for hydroxylation is 1. The van der Waals surface area contributed by atoms with Crippen molar-refractivity contribution in [3.63, 3.8) is 0 Å². The van der Waals surface area contributed by atoms with Gasteiger partial charge in [0.1, 0.15) is 12.6 Å². The summed E-state index contributed by atoms with van der Waals surface area (Å²) in [5.41, 5.74) is 3.98. The maximum Gasteiger partial charge on any atom is 0.408 e. The SMILES string of the molecule is Cc1ccccc1CNC(=O)C(Cc1ccccc1)NC(=O)OCc1ccccc1. The number of amides is 2. The molecule has 3 aromatic rings. The number of benzene rings is 3. The van der Waals surface area contributed by atoms with Crippen LogP contribution in [0.1, 0.15) is 22.3 Å². The second kappa shape index (κ2) is 10.8. The van der Waals surface area contributed by atoms with Crippen molar-refractivity contribution in [1.29, 1.82) is 0 Å². The van der Waals surface area contributed by atoms with Crippen LogP contribution >= 0.6 is 0 Å². The molecule has 0 aromatic heterocycles. The highest BCUT2D eigenvalue weighted by Gasteiger charge is 2.22. The fraction of sp³-hybridized carbons (Fsp3) is 0.200. The molecular formula is C25H26N2O3. The van der Waals surface area contributed by atoms with E-state index in [1.165, 1.54) is 0 Å². The summed E-state index contributed by atoms with van der Waals surface area (Å²) in [6.45, 7) is 2.55. The molecule has 3 aromatic carbocycles. The van der Waals surface area contributed by atoms with Crippen molar-refractivity contribution in [3.8, 4) is 0 Å². The molecule has 1 atom stereocenters. The van der Waals surface area contributed by atoms with Gasteiger partial charge in [0.15, 0.2) is 0 Å². The van der Waals surface area contributed by atoms with E-state index in [1.54, 1.807) is 0 Å². The standard InChI is InChI=1S/C25H26N2O3/c1-19-10-8-9-15-22(19)17-26-24(28)23(16-20-11-4-2-5-12-20)27-25(29)30-18-21-13-6-3-7-14-21/h2-15,23H,16-18H2,1H3,(H,26,28)(H,27,29).